The van der Waals surface area contributed by atoms with E-state index >= 15 is 0 Å². The van der Waals surface area contributed by atoms with Crippen molar-refractivity contribution in [3.63, 3.8) is 0 Å². The first-order chi connectivity index (χ1) is 15.0. The Kier molecular flexibility index (Phi) is 8.64. The predicted octanol–water partition coefficient (Wildman–Crippen LogP) is 2.97. The van der Waals surface area contributed by atoms with E-state index < -0.39 is 6.10 Å². The van der Waals surface area contributed by atoms with Gasteiger partial charge in [-0.15, -0.1) is 0 Å². The van der Waals surface area contributed by atoms with Gasteiger partial charge in [0.2, 0.25) is 0 Å². The molecule has 1 aromatic heterocycles. The van der Waals surface area contributed by atoms with Crippen LogP contribution in [0.3, 0.4) is 0 Å². The lowest BCUT2D eigenvalue weighted by Gasteiger charge is -2.21. The SMILES string of the molecule is CN(CCc1cnn(C)c1)Cc1ccc(OC[C@H](O)CN(C)Cc2ccccc2)cc1. The van der Waals surface area contributed by atoms with E-state index in [2.05, 4.69) is 52.4 Å². The summed E-state index contributed by atoms with van der Waals surface area (Å²) in [5.74, 6) is 0.784. The maximum absolute atomic E-state index is 10.3. The average molecular weight is 423 g/mol. The van der Waals surface area contributed by atoms with Crippen molar-refractivity contribution in [2.45, 2.75) is 25.6 Å². The smallest absolute Gasteiger partial charge is 0.119 e. The number of hydrogen-bond donors (Lipinski definition) is 1. The number of aryl methyl sites for hydroxylation is 1. The van der Waals surface area contributed by atoms with E-state index in [4.69, 9.17) is 4.74 Å². The summed E-state index contributed by atoms with van der Waals surface area (Å²) in [6.45, 7) is 3.51. The molecule has 0 unspecified atom stereocenters. The minimum absolute atomic E-state index is 0.281. The van der Waals surface area contributed by atoms with E-state index in [1.54, 1.807) is 0 Å². The number of ether oxygens (including phenoxy) is 1. The van der Waals surface area contributed by atoms with Gasteiger partial charge in [-0.2, -0.15) is 5.10 Å². The van der Waals surface area contributed by atoms with Crippen LogP contribution in [0.2, 0.25) is 0 Å². The van der Waals surface area contributed by atoms with Crippen LogP contribution in [0.15, 0.2) is 67.0 Å². The third-order valence-corrected chi connectivity index (χ3v) is 5.18. The topological polar surface area (TPSA) is 53.8 Å². The van der Waals surface area contributed by atoms with Crippen molar-refractivity contribution in [1.82, 2.24) is 19.6 Å². The molecule has 3 rings (SSSR count). The summed E-state index contributed by atoms with van der Waals surface area (Å²) in [5, 5.41) is 14.5. The van der Waals surface area contributed by atoms with Crippen LogP contribution in [0.4, 0.5) is 0 Å². The zero-order valence-electron chi connectivity index (χ0n) is 18.8. The third kappa shape index (κ3) is 8.17. The summed E-state index contributed by atoms with van der Waals surface area (Å²) in [6.07, 6.45) is 4.44. The second-order valence-electron chi connectivity index (χ2n) is 8.30. The van der Waals surface area contributed by atoms with E-state index in [1.807, 2.05) is 55.3 Å². The second-order valence-corrected chi connectivity index (χ2v) is 8.30. The lowest BCUT2D eigenvalue weighted by molar-refractivity contribution is 0.0744. The third-order valence-electron chi connectivity index (χ3n) is 5.18. The van der Waals surface area contributed by atoms with E-state index in [0.29, 0.717) is 6.54 Å². The Hall–Kier alpha value is -2.67. The van der Waals surface area contributed by atoms with Crippen LogP contribution in [0.1, 0.15) is 16.7 Å². The van der Waals surface area contributed by atoms with Crippen molar-refractivity contribution in [1.29, 1.82) is 0 Å². The Bertz CT molecular complexity index is 895. The highest BCUT2D eigenvalue weighted by Crippen LogP contribution is 2.14. The van der Waals surface area contributed by atoms with Crippen molar-refractivity contribution in [3.8, 4) is 5.75 Å². The number of benzene rings is 2. The van der Waals surface area contributed by atoms with E-state index in [1.165, 1.54) is 16.7 Å². The van der Waals surface area contributed by atoms with Gasteiger partial charge in [0.1, 0.15) is 18.5 Å². The van der Waals surface area contributed by atoms with Crippen LogP contribution in [0, 0.1) is 0 Å². The second kappa shape index (κ2) is 11.6. The average Bonchev–Trinajstić information content (AvgIpc) is 3.17. The molecule has 0 radical (unpaired) electrons. The van der Waals surface area contributed by atoms with Crippen LogP contribution in [0.25, 0.3) is 0 Å². The number of aromatic nitrogens is 2. The van der Waals surface area contributed by atoms with Crippen molar-refractivity contribution in [2.75, 3.05) is 33.8 Å². The minimum atomic E-state index is -0.535. The number of aliphatic hydroxyl groups is 1. The van der Waals surface area contributed by atoms with Gasteiger partial charge >= 0.3 is 0 Å². The molecule has 6 heteroatoms. The standard InChI is InChI=1S/C25H34N4O2/c1-27(14-13-23-15-26-29(3)18-23)16-22-9-11-25(12-10-22)31-20-24(30)19-28(2)17-21-7-5-4-6-8-21/h4-12,15,18,24,30H,13-14,16-17,19-20H2,1-3H3/t24-/m1/s1. The molecule has 0 bridgehead atoms. The summed E-state index contributed by atoms with van der Waals surface area (Å²) >= 11 is 0. The molecule has 0 saturated heterocycles. The summed E-state index contributed by atoms with van der Waals surface area (Å²) in [5.41, 5.74) is 3.73. The number of likely N-dealkylation sites (N-methyl/N-ethyl adjacent to an activating group) is 2. The number of hydrogen-bond acceptors (Lipinski definition) is 5. The number of rotatable bonds is 12. The Morgan fingerprint density at radius 1 is 0.935 bits per heavy atom. The highest BCUT2D eigenvalue weighted by Gasteiger charge is 2.10. The fourth-order valence-corrected chi connectivity index (χ4v) is 3.57. The molecule has 0 amide bonds. The van der Waals surface area contributed by atoms with Gasteiger partial charge in [0.15, 0.2) is 0 Å². The van der Waals surface area contributed by atoms with Gasteiger partial charge in [0, 0.05) is 39.4 Å². The Labute approximate surface area is 185 Å². The normalized spacial score (nSPS) is 12.5. The quantitative estimate of drug-likeness (QED) is 0.486. The summed E-state index contributed by atoms with van der Waals surface area (Å²) < 4.78 is 7.63. The van der Waals surface area contributed by atoms with Crippen LogP contribution in [0.5, 0.6) is 5.75 Å². The molecule has 0 aliphatic rings. The van der Waals surface area contributed by atoms with Crippen LogP contribution in [-0.2, 0) is 26.6 Å². The molecule has 0 aliphatic heterocycles. The van der Waals surface area contributed by atoms with Gasteiger partial charge in [0.05, 0.1) is 6.20 Å². The molecule has 3 aromatic rings. The zero-order valence-corrected chi connectivity index (χ0v) is 18.8. The zero-order chi connectivity index (χ0) is 22.1. The lowest BCUT2D eigenvalue weighted by Crippen LogP contribution is -2.32. The van der Waals surface area contributed by atoms with Gasteiger partial charge < -0.3 is 14.7 Å². The Morgan fingerprint density at radius 2 is 1.61 bits per heavy atom. The monoisotopic (exact) mass is 422 g/mol. The molecule has 1 heterocycles. The highest BCUT2D eigenvalue weighted by molar-refractivity contribution is 5.27. The largest absolute Gasteiger partial charge is 0.491 e. The van der Waals surface area contributed by atoms with Gasteiger partial charge in [-0.1, -0.05) is 42.5 Å². The van der Waals surface area contributed by atoms with Crippen LogP contribution < -0.4 is 4.74 Å². The molecule has 1 atom stereocenters. The van der Waals surface area contributed by atoms with Gasteiger partial charge in [-0.25, -0.2) is 0 Å². The molecular formula is C25H34N4O2. The summed E-state index contributed by atoms with van der Waals surface area (Å²) in [7, 11) is 6.08. The van der Waals surface area contributed by atoms with Crippen LogP contribution >= 0.6 is 0 Å². The summed E-state index contributed by atoms with van der Waals surface area (Å²) in [6, 6.07) is 18.4. The molecule has 6 nitrogen and oxygen atoms in total. The van der Waals surface area contributed by atoms with Crippen molar-refractivity contribution < 1.29 is 9.84 Å². The maximum atomic E-state index is 10.3. The molecule has 0 aliphatic carbocycles. The Balaban J connectivity index is 1.36. The fourth-order valence-electron chi connectivity index (χ4n) is 3.57. The first-order valence-corrected chi connectivity index (χ1v) is 10.8. The first-order valence-electron chi connectivity index (χ1n) is 10.8. The number of nitrogens with zero attached hydrogens (tertiary/aromatic N) is 4. The van der Waals surface area contributed by atoms with Crippen molar-refractivity contribution >= 4 is 0 Å². The van der Waals surface area contributed by atoms with Crippen molar-refractivity contribution in [2.24, 2.45) is 7.05 Å². The van der Waals surface area contributed by atoms with Gasteiger partial charge in [0.25, 0.3) is 0 Å². The predicted molar refractivity (Wildman–Crippen MR) is 124 cm³/mol. The molecule has 1 N–H and O–H groups in total. The number of aliphatic hydroxyl groups excluding tert-OH is 1. The van der Waals surface area contributed by atoms with Gasteiger partial charge in [-0.05, 0) is 49.3 Å². The maximum Gasteiger partial charge on any atom is 0.119 e. The van der Waals surface area contributed by atoms with E-state index in [0.717, 1.165) is 31.8 Å². The molecule has 0 spiro atoms. The van der Waals surface area contributed by atoms with Crippen molar-refractivity contribution in [3.05, 3.63) is 83.7 Å². The molecule has 2 aromatic carbocycles. The Morgan fingerprint density at radius 3 is 2.29 bits per heavy atom. The van der Waals surface area contributed by atoms with E-state index in [9.17, 15) is 5.11 Å². The molecular weight excluding hydrogens is 388 g/mol. The molecule has 0 saturated carbocycles. The minimum Gasteiger partial charge on any atom is -0.491 e. The molecule has 31 heavy (non-hydrogen) atoms. The van der Waals surface area contributed by atoms with E-state index in [-0.39, 0.29) is 6.61 Å². The first kappa shape index (κ1) is 23.0. The fraction of sp³-hybridized carbons (Fsp3) is 0.400. The van der Waals surface area contributed by atoms with Crippen LogP contribution in [-0.4, -0.2) is 64.6 Å². The van der Waals surface area contributed by atoms with Gasteiger partial charge in [-0.3, -0.25) is 9.58 Å². The highest BCUT2D eigenvalue weighted by atomic mass is 16.5. The summed E-state index contributed by atoms with van der Waals surface area (Å²) in [4.78, 5) is 4.41. The lowest BCUT2D eigenvalue weighted by atomic mass is 10.2. The molecule has 166 valence electrons. The molecule has 0 fully saturated rings.